The molecule has 0 bridgehead atoms. The van der Waals surface area contributed by atoms with Crippen LogP contribution in [0, 0.1) is 12.8 Å². The number of hydrogen-bond donors (Lipinski definition) is 1. The lowest BCUT2D eigenvalue weighted by Crippen LogP contribution is -2.15. The molecular formula is C15H21N3OS. The Morgan fingerprint density at radius 1 is 1.40 bits per heavy atom. The summed E-state index contributed by atoms with van der Waals surface area (Å²) in [6, 6.07) is 2.12. The van der Waals surface area contributed by atoms with Gasteiger partial charge in [-0.15, -0.1) is 11.3 Å². The summed E-state index contributed by atoms with van der Waals surface area (Å²) in [5, 5.41) is 4.22. The van der Waals surface area contributed by atoms with E-state index in [0.29, 0.717) is 5.95 Å². The second-order valence-electron chi connectivity index (χ2n) is 5.39. The van der Waals surface area contributed by atoms with Crippen molar-refractivity contribution in [1.82, 2.24) is 9.97 Å². The summed E-state index contributed by atoms with van der Waals surface area (Å²) in [5.41, 5.74) is 0. The van der Waals surface area contributed by atoms with Crippen molar-refractivity contribution in [2.24, 2.45) is 5.92 Å². The second-order valence-corrected chi connectivity index (χ2v) is 6.63. The minimum atomic E-state index is 0.667. The quantitative estimate of drug-likeness (QED) is 0.874. The number of thiophene rings is 1. The maximum absolute atomic E-state index is 5.94. The van der Waals surface area contributed by atoms with Crippen molar-refractivity contribution in [2.75, 3.05) is 18.5 Å². The Balaban J connectivity index is 1.78. The van der Waals surface area contributed by atoms with Crippen molar-refractivity contribution in [1.29, 1.82) is 0 Å². The van der Waals surface area contributed by atoms with E-state index < -0.39 is 0 Å². The lowest BCUT2D eigenvalue weighted by atomic mass is 9.83. The summed E-state index contributed by atoms with van der Waals surface area (Å²) in [7, 11) is 0. The van der Waals surface area contributed by atoms with E-state index in [1.165, 1.54) is 24.1 Å². The summed E-state index contributed by atoms with van der Waals surface area (Å²) < 4.78 is 5.94. The predicted molar refractivity (Wildman–Crippen MR) is 83.8 cm³/mol. The highest BCUT2D eigenvalue weighted by Crippen LogP contribution is 2.32. The Morgan fingerprint density at radius 3 is 2.95 bits per heavy atom. The van der Waals surface area contributed by atoms with Crippen molar-refractivity contribution >= 4 is 27.5 Å². The van der Waals surface area contributed by atoms with Gasteiger partial charge in [-0.3, -0.25) is 0 Å². The van der Waals surface area contributed by atoms with Gasteiger partial charge >= 0.3 is 0 Å². The van der Waals surface area contributed by atoms with Crippen LogP contribution in [0.3, 0.4) is 0 Å². The molecule has 1 aliphatic carbocycles. The molecule has 1 N–H and O–H groups in total. The van der Waals surface area contributed by atoms with Gasteiger partial charge in [0.15, 0.2) is 0 Å². The Hall–Kier alpha value is -1.36. The van der Waals surface area contributed by atoms with Gasteiger partial charge in [0.2, 0.25) is 11.8 Å². The molecule has 0 saturated heterocycles. The van der Waals surface area contributed by atoms with E-state index in [1.807, 2.05) is 6.92 Å². The minimum absolute atomic E-state index is 0.667. The number of rotatable bonds is 6. The average molecular weight is 291 g/mol. The van der Waals surface area contributed by atoms with Crippen LogP contribution in [0.5, 0.6) is 5.88 Å². The molecule has 0 aromatic carbocycles. The molecule has 0 unspecified atom stereocenters. The molecule has 0 amide bonds. The fraction of sp³-hybridized carbons (Fsp3) is 0.600. The molecule has 3 rings (SSSR count). The van der Waals surface area contributed by atoms with Crippen LogP contribution in [0.2, 0.25) is 0 Å². The molecule has 2 aromatic heterocycles. The first kappa shape index (κ1) is 13.6. The summed E-state index contributed by atoms with van der Waals surface area (Å²) >= 11 is 1.69. The molecule has 4 nitrogen and oxygen atoms in total. The molecular weight excluding hydrogens is 270 g/mol. The minimum Gasteiger partial charge on any atom is -0.477 e. The lowest BCUT2D eigenvalue weighted by molar-refractivity contribution is 0.219. The number of fused-ring (bicyclic) bond motifs is 1. The van der Waals surface area contributed by atoms with E-state index in [4.69, 9.17) is 4.74 Å². The van der Waals surface area contributed by atoms with Crippen molar-refractivity contribution < 1.29 is 4.74 Å². The van der Waals surface area contributed by atoms with Crippen LogP contribution in [0.1, 0.15) is 37.5 Å². The van der Waals surface area contributed by atoms with E-state index in [-0.39, 0.29) is 0 Å². The van der Waals surface area contributed by atoms with Crippen molar-refractivity contribution in [3.63, 3.8) is 0 Å². The number of aryl methyl sites for hydroxylation is 1. The maximum Gasteiger partial charge on any atom is 0.227 e. The number of hydrogen-bond acceptors (Lipinski definition) is 5. The van der Waals surface area contributed by atoms with Gasteiger partial charge in [-0.1, -0.05) is 19.3 Å². The number of ether oxygens (including phenoxy) is 1. The zero-order chi connectivity index (χ0) is 13.9. The molecule has 5 heteroatoms. The van der Waals surface area contributed by atoms with E-state index >= 15 is 0 Å². The van der Waals surface area contributed by atoms with Gasteiger partial charge < -0.3 is 10.1 Å². The van der Waals surface area contributed by atoms with Crippen LogP contribution < -0.4 is 10.1 Å². The Labute approximate surface area is 123 Å². The summed E-state index contributed by atoms with van der Waals surface area (Å²) in [6.07, 6.45) is 5.26. The fourth-order valence-corrected chi connectivity index (χ4v) is 3.34. The van der Waals surface area contributed by atoms with Crippen LogP contribution >= 0.6 is 11.3 Å². The van der Waals surface area contributed by atoms with Crippen molar-refractivity contribution in [2.45, 2.75) is 39.5 Å². The zero-order valence-corrected chi connectivity index (χ0v) is 12.9. The van der Waals surface area contributed by atoms with Crippen molar-refractivity contribution in [3.05, 3.63) is 10.9 Å². The van der Waals surface area contributed by atoms with Crippen LogP contribution in [0.25, 0.3) is 10.2 Å². The first-order chi connectivity index (χ1) is 9.76. The monoisotopic (exact) mass is 291 g/mol. The van der Waals surface area contributed by atoms with E-state index in [2.05, 4.69) is 28.3 Å². The first-order valence-electron chi connectivity index (χ1n) is 7.41. The number of nitrogens with zero attached hydrogens (tertiary/aromatic N) is 2. The highest BCUT2D eigenvalue weighted by molar-refractivity contribution is 7.18. The topological polar surface area (TPSA) is 47.0 Å². The number of anilines is 1. The van der Waals surface area contributed by atoms with E-state index in [9.17, 15) is 0 Å². The third-order valence-electron chi connectivity index (χ3n) is 3.81. The Bertz CT molecular complexity index is 592. The smallest absolute Gasteiger partial charge is 0.227 e. The molecule has 0 spiro atoms. The zero-order valence-electron chi connectivity index (χ0n) is 12.1. The lowest BCUT2D eigenvalue weighted by Gasteiger charge is -2.24. The summed E-state index contributed by atoms with van der Waals surface area (Å²) in [5.74, 6) is 2.26. The third-order valence-corrected chi connectivity index (χ3v) is 4.75. The molecule has 1 saturated carbocycles. The standard InChI is InChI=1S/C15H21N3OS/c1-3-16-15-17-13(19-8-7-11-5-4-6-11)12-9-10(2)20-14(12)18-15/h9,11H,3-8H2,1-2H3,(H,16,17,18). The molecule has 1 aliphatic rings. The van der Waals surface area contributed by atoms with Gasteiger partial charge in [0.25, 0.3) is 0 Å². The Morgan fingerprint density at radius 2 is 2.25 bits per heavy atom. The maximum atomic E-state index is 5.94. The molecule has 108 valence electrons. The number of nitrogens with one attached hydrogen (secondary N) is 1. The summed E-state index contributed by atoms with van der Waals surface area (Å²) in [4.78, 5) is 11.3. The van der Waals surface area contributed by atoms with Gasteiger partial charge in [0.1, 0.15) is 4.83 Å². The Kier molecular flexibility index (Phi) is 4.05. The van der Waals surface area contributed by atoms with Gasteiger partial charge in [-0.25, -0.2) is 4.98 Å². The van der Waals surface area contributed by atoms with Crippen LogP contribution in [-0.4, -0.2) is 23.1 Å². The van der Waals surface area contributed by atoms with Crippen LogP contribution in [-0.2, 0) is 0 Å². The van der Waals surface area contributed by atoms with Gasteiger partial charge in [-0.05, 0) is 32.3 Å². The predicted octanol–water partition coefficient (Wildman–Crippen LogP) is 4.00. The molecule has 1 fully saturated rings. The molecule has 20 heavy (non-hydrogen) atoms. The molecule has 2 heterocycles. The molecule has 2 aromatic rings. The largest absolute Gasteiger partial charge is 0.477 e. The number of aromatic nitrogens is 2. The SMILES string of the molecule is CCNc1nc(OCCC2CCC2)c2cc(C)sc2n1. The van der Waals surface area contributed by atoms with Gasteiger partial charge in [0.05, 0.1) is 12.0 Å². The third kappa shape index (κ3) is 2.87. The average Bonchev–Trinajstić information content (AvgIpc) is 2.73. The normalized spacial score (nSPS) is 15.3. The van der Waals surface area contributed by atoms with E-state index in [0.717, 1.165) is 41.6 Å². The van der Waals surface area contributed by atoms with Crippen molar-refractivity contribution in [3.8, 4) is 5.88 Å². The molecule has 0 aliphatic heterocycles. The second kappa shape index (κ2) is 5.95. The highest BCUT2D eigenvalue weighted by Gasteiger charge is 2.18. The molecule has 0 atom stereocenters. The molecule has 0 radical (unpaired) electrons. The van der Waals surface area contributed by atoms with E-state index in [1.54, 1.807) is 11.3 Å². The summed E-state index contributed by atoms with van der Waals surface area (Å²) in [6.45, 7) is 5.72. The van der Waals surface area contributed by atoms with Crippen LogP contribution in [0.15, 0.2) is 6.07 Å². The highest BCUT2D eigenvalue weighted by atomic mass is 32.1. The van der Waals surface area contributed by atoms with Gasteiger partial charge in [0, 0.05) is 11.4 Å². The fourth-order valence-electron chi connectivity index (χ4n) is 2.47. The van der Waals surface area contributed by atoms with Gasteiger partial charge in [-0.2, -0.15) is 4.98 Å². The van der Waals surface area contributed by atoms with Crippen LogP contribution in [0.4, 0.5) is 5.95 Å². The first-order valence-corrected chi connectivity index (χ1v) is 8.22.